The molecule has 1 unspecified atom stereocenters. The van der Waals surface area contributed by atoms with Crippen molar-refractivity contribution < 1.29 is 4.79 Å². The fourth-order valence-electron chi connectivity index (χ4n) is 2.48. The fourth-order valence-corrected chi connectivity index (χ4v) is 2.48. The van der Waals surface area contributed by atoms with Gasteiger partial charge in [-0.05, 0) is 37.0 Å². The van der Waals surface area contributed by atoms with Crippen LogP contribution < -0.4 is 10.6 Å². The van der Waals surface area contributed by atoms with E-state index in [0.29, 0.717) is 23.9 Å². The van der Waals surface area contributed by atoms with Gasteiger partial charge < -0.3 is 10.6 Å². The SMILES string of the molecule is CC(C)CNC(=O)CNC1CCCC(C)(C)CC1. The van der Waals surface area contributed by atoms with Gasteiger partial charge in [0.25, 0.3) is 0 Å². The second-order valence-corrected chi connectivity index (χ2v) is 6.87. The van der Waals surface area contributed by atoms with Gasteiger partial charge in [-0.1, -0.05) is 34.1 Å². The Kier molecular flexibility index (Phi) is 6.13. The van der Waals surface area contributed by atoms with Gasteiger partial charge >= 0.3 is 0 Å². The highest BCUT2D eigenvalue weighted by Gasteiger charge is 2.24. The van der Waals surface area contributed by atoms with Crippen molar-refractivity contribution in [2.45, 2.75) is 65.8 Å². The molecule has 3 nitrogen and oxygen atoms in total. The standard InChI is InChI=1S/C15H30N2O/c1-12(2)10-17-14(18)11-16-13-6-5-8-15(3,4)9-7-13/h12-13,16H,5-11H2,1-4H3,(H,17,18). The summed E-state index contributed by atoms with van der Waals surface area (Å²) in [5.41, 5.74) is 0.482. The zero-order valence-electron chi connectivity index (χ0n) is 12.5. The molecule has 1 saturated carbocycles. The quantitative estimate of drug-likeness (QED) is 0.741. The van der Waals surface area contributed by atoms with Crippen molar-refractivity contribution in [2.75, 3.05) is 13.1 Å². The first kappa shape index (κ1) is 15.5. The first-order chi connectivity index (χ1) is 8.39. The predicted octanol–water partition coefficient (Wildman–Crippen LogP) is 2.71. The summed E-state index contributed by atoms with van der Waals surface area (Å²) in [4.78, 5) is 11.6. The Labute approximate surface area is 112 Å². The Morgan fingerprint density at radius 2 is 2.00 bits per heavy atom. The maximum atomic E-state index is 11.6. The molecule has 1 fully saturated rings. The summed E-state index contributed by atoms with van der Waals surface area (Å²) in [7, 11) is 0. The van der Waals surface area contributed by atoms with Crippen LogP contribution in [0.25, 0.3) is 0 Å². The zero-order chi connectivity index (χ0) is 13.6. The van der Waals surface area contributed by atoms with Gasteiger partial charge in [-0.2, -0.15) is 0 Å². The van der Waals surface area contributed by atoms with Crippen LogP contribution in [-0.4, -0.2) is 25.0 Å². The summed E-state index contributed by atoms with van der Waals surface area (Å²) in [5, 5.41) is 6.36. The number of amides is 1. The molecule has 106 valence electrons. The Morgan fingerprint density at radius 3 is 2.67 bits per heavy atom. The van der Waals surface area contributed by atoms with Crippen molar-refractivity contribution in [3.63, 3.8) is 0 Å². The number of nitrogens with one attached hydrogen (secondary N) is 2. The lowest BCUT2D eigenvalue weighted by Gasteiger charge is -2.22. The summed E-state index contributed by atoms with van der Waals surface area (Å²) in [6.07, 6.45) is 6.26. The molecule has 1 amide bonds. The Hall–Kier alpha value is -0.570. The van der Waals surface area contributed by atoms with Crippen LogP contribution in [0.1, 0.15) is 59.8 Å². The summed E-state index contributed by atoms with van der Waals surface area (Å²) >= 11 is 0. The van der Waals surface area contributed by atoms with Crippen molar-refractivity contribution in [1.29, 1.82) is 0 Å². The molecule has 0 spiro atoms. The monoisotopic (exact) mass is 254 g/mol. The van der Waals surface area contributed by atoms with E-state index in [1.165, 1.54) is 32.1 Å². The van der Waals surface area contributed by atoms with Gasteiger partial charge in [0.05, 0.1) is 6.54 Å². The van der Waals surface area contributed by atoms with Gasteiger partial charge in [0, 0.05) is 12.6 Å². The van der Waals surface area contributed by atoms with Crippen LogP contribution in [0.2, 0.25) is 0 Å². The Balaban J connectivity index is 2.21. The molecule has 0 aromatic rings. The second kappa shape index (κ2) is 7.13. The number of hydrogen-bond acceptors (Lipinski definition) is 2. The number of carbonyl (C=O) groups is 1. The number of hydrogen-bond donors (Lipinski definition) is 2. The molecule has 0 aliphatic heterocycles. The van der Waals surface area contributed by atoms with E-state index in [-0.39, 0.29) is 5.91 Å². The lowest BCUT2D eigenvalue weighted by atomic mass is 9.85. The topological polar surface area (TPSA) is 41.1 Å². The summed E-state index contributed by atoms with van der Waals surface area (Å²) in [6, 6.07) is 0.525. The molecule has 0 heterocycles. The van der Waals surface area contributed by atoms with Crippen LogP contribution in [0.15, 0.2) is 0 Å². The average Bonchev–Trinajstić information content (AvgIpc) is 2.45. The highest BCUT2D eigenvalue weighted by molar-refractivity contribution is 5.77. The highest BCUT2D eigenvalue weighted by Crippen LogP contribution is 2.33. The molecule has 1 rings (SSSR count). The summed E-state index contributed by atoms with van der Waals surface area (Å²) < 4.78 is 0. The molecule has 1 atom stereocenters. The molecule has 18 heavy (non-hydrogen) atoms. The summed E-state index contributed by atoms with van der Waals surface area (Å²) in [5.74, 6) is 0.653. The second-order valence-electron chi connectivity index (χ2n) is 6.87. The first-order valence-electron chi connectivity index (χ1n) is 7.39. The zero-order valence-corrected chi connectivity index (χ0v) is 12.5. The van der Waals surface area contributed by atoms with Crippen molar-refractivity contribution in [1.82, 2.24) is 10.6 Å². The van der Waals surface area contributed by atoms with Gasteiger partial charge in [-0.15, -0.1) is 0 Å². The van der Waals surface area contributed by atoms with Gasteiger partial charge in [0.1, 0.15) is 0 Å². The smallest absolute Gasteiger partial charge is 0.233 e. The average molecular weight is 254 g/mol. The maximum Gasteiger partial charge on any atom is 0.233 e. The van der Waals surface area contributed by atoms with Crippen molar-refractivity contribution >= 4 is 5.91 Å². The normalized spacial score (nSPS) is 23.7. The highest BCUT2D eigenvalue weighted by atomic mass is 16.1. The third-order valence-electron chi connectivity index (χ3n) is 3.83. The van der Waals surface area contributed by atoms with Gasteiger partial charge in [-0.3, -0.25) is 4.79 Å². The van der Waals surface area contributed by atoms with Gasteiger partial charge in [-0.25, -0.2) is 0 Å². The largest absolute Gasteiger partial charge is 0.355 e. The van der Waals surface area contributed by atoms with Crippen LogP contribution in [0, 0.1) is 11.3 Å². The molecule has 0 aromatic heterocycles. The molecule has 0 aromatic carbocycles. The third-order valence-corrected chi connectivity index (χ3v) is 3.83. The van der Waals surface area contributed by atoms with Crippen molar-refractivity contribution in [2.24, 2.45) is 11.3 Å². The number of rotatable bonds is 5. The minimum atomic E-state index is 0.132. The minimum Gasteiger partial charge on any atom is -0.355 e. The molecule has 0 saturated heterocycles. The molecule has 2 N–H and O–H groups in total. The molecule has 1 aliphatic rings. The molecule has 0 radical (unpaired) electrons. The van der Waals surface area contributed by atoms with E-state index in [1.807, 2.05) is 0 Å². The van der Waals surface area contributed by atoms with Crippen molar-refractivity contribution in [3.8, 4) is 0 Å². The molecular weight excluding hydrogens is 224 g/mol. The lowest BCUT2D eigenvalue weighted by Crippen LogP contribution is -2.40. The van der Waals surface area contributed by atoms with E-state index in [9.17, 15) is 4.79 Å². The molecular formula is C15H30N2O. The van der Waals surface area contributed by atoms with Gasteiger partial charge in [0.2, 0.25) is 5.91 Å². The van der Waals surface area contributed by atoms with E-state index in [2.05, 4.69) is 38.3 Å². The predicted molar refractivity (Wildman–Crippen MR) is 76.5 cm³/mol. The Bertz CT molecular complexity index is 261. The van der Waals surface area contributed by atoms with E-state index in [4.69, 9.17) is 0 Å². The molecule has 3 heteroatoms. The Morgan fingerprint density at radius 1 is 1.28 bits per heavy atom. The van der Waals surface area contributed by atoms with E-state index < -0.39 is 0 Å². The lowest BCUT2D eigenvalue weighted by molar-refractivity contribution is -0.120. The first-order valence-corrected chi connectivity index (χ1v) is 7.39. The van der Waals surface area contributed by atoms with E-state index in [0.717, 1.165) is 6.54 Å². The van der Waals surface area contributed by atoms with Crippen molar-refractivity contribution in [3.05, 3.63) is 0 Å². The van der Waals surface area contributed by atoms with Crippen LogP contribution in [0.5, 0.6) is 0 Å². The molecule has 1 aliphatic carbocycles. The van der Waals surface area contributed by atoms with Crippen LogP contribution in [0.4, 0.5) is 0 Å². The van der Waals surface area contributed by atoms with E-state index >= 15 is 0 Å². The maximum absolute atomic E-state index is 11.6. The summed E-state index contributed by atoms with van der Waals surface area (Å²) in [6.45, 7) is 10.2. The fraction of sp³-hybridized carbons (Fsp3) is 0.933. The van der Waals surface area contributed by atoms with Crippen LogP contribution in [-0.2, 0) is 4.79 Å². The van der Waals surface area contributed by atoms with Gasteiger partial charge in [0.15, 0.2) is 0 Å². The van der Waals surface area contributed by atoms with E-state index in [1.54, 1.807) is 0 Å². The minimum absolute atomic E-state index is 0.132. The van der Waals surface area contributed by atoms with Crippen LogP contribution in [0.3, 0.4) is 0 Å². The number of carbonyl (C=O) groups excluding carboxylic acids is 1. The molecule has 0 bridgehead atoms. The van der Waals surface area contributed by atoms with Crippen LogP contribution >= 0.6 is 0 Å². The third kappa shape index (κ3) is 6.39.